The third-order valence-corrected chi connectivity index (χ3v) is 4.56. The fraction of sp³-hybridized carbons (Fsp3) is 0.105. The van der Waals surface area contributed by atoms with Crippen molar-refractivity contribution in [3.63, 3.8) is 0 Å². The van der Waals surface area contributed by atoms with Crippen LogP contribution in [-0.2, 0) is 13.2 Å². The van der Waals surface area contributed by atoms with Gasteiger partial charge in [0.2, 0.25) is 5.43 Å². The van der Waals surface area contributed by atoms with Crippen LogP contribution in [0.5, 0.6) is 11.5 Å². The van der Waals surface area contributed by atoms with Crippen LogP contribution in [-0.4, -0.2) is 4.57 Å². The lowest BCUT2D eigenvalue weighted by Crippen LogP contribution is -2.12. The second-order valence-corrected chi connectivity index (χ2v) is 6.55. The first-order valence-corrected chi connectivity index (χ1v) is 8.42. The molecule has 2 aromatic carbocycles. The summed E-state index contributed by atoms with van der Waals surface area (Å²) in [7, 11) is 1.63. The van der Waals surface area contributed by atoms with Crippen molar-refractivity contribution in [2.24, 2.45) is 7.05 Å². The fourth-order valence-corrected chi connectivity index (χ4v) is 2.83. The minimum atomic E-state index is -4.51. The van der Waals surface area contributed by atoms with Crippen molar-refractivity contribution in [3.8, 4) is 22.6 Å². The number of rotatable bonds is 3. The zero-order valence-electron chi connectivity index (χ0n) is 13.8. The molecule has 0 fully saturated rings. The van der Waals surface area contributed by atoms with Crippen LogP contribution in [0.2, 0.25) is 10.0 Å². The molecule has 0 bridgehead atoms. The van der Waals surface area contributed by atoms with Gasteiger partial charge >= 0.3 is 6.18 Å². The van der Waals surface area contributed by atoms with E-state index in [-0.39, 0.29) is 32.7 Å². The number of aryl methyl sites for hydroxylation is 1. The zero-order valence-corrected chi connectivity index (χ0v) is 15.4. The number of aromatic nitrogens is 1. The Bertz CT molecular complexity index is 1060. The largest absolute Gasteiger partial charge is 0.450 e. The Morgan fingerprint density at radius 3 is 2.41 bits per heavy atom. The van der Waals surface area contributed by atoms with E-state index in [4.69, 9.17) is 27.9 Å². The first-order valence-electron chi connectivity index (χ1n) is 7.66. The van der Waals surface area contributed by atoms with Gasteiger partial charge in [0.05, 0.1) is 16.8 Å². The van der Waals surface area contributed by atoms with Gasteiger partial charge in [-0.05, 0) is 29.8 Å². The normalized spacial score (nSPS) is 11.5. The topological polar surface area (TPSA) is 31.2 Å². The van der Waals surface area contributed by atoms with E-state index in [0.717, 1.165) is 12.1 Å². The minimum absolute atomic E-state index is 0.0688. The molecule has 0 aliphatic rings. The molecule has 3 nitrogen and oxygen atoms in total. The van der Waals surface area contributed by atoms with Gasteiger partial charge in [-0.1, -0.05) is 41.4 Å². The molecule has 3 aromatic rings. The summed E-state index contributed by atoms with van der Waals surface area (Å²) in [6.07, 6.45) is -1.66. The van der Waals surface area contributed by atoms with E-state index in [9.17, 15) is 18.0 Å². The Morgan fingerprint density at radius 2 is 1.70 bits per heavy atom. The molecule has 3 rings (SSSR count). The van der Waals surface area contributed by atoms with Gasteiger partial charge < -0.3 is 9.30 Å². The van der Waals surface area contributed by atoms with Gasteiger partial charge in [-0.3, -0.25) is 4.79 Å². The molecule has 0 radical (unpaired) electrons. The summed E-state index contributed by atoms with van der Waals surface area (Å²) in [5.41, 5.74) is -1.21. The number of benzene rings is 2. The number of pyridine rings is 1. The summed E-state index contributed by atoms with van der Waals surface area (Å²) in [5, 5.41) is 0.380. The van der Waals surface area contributed by atoms with Gasteiger partial charge in [-0.15, -0.1) is 0 Å². The maximum absolute atomic E-state index is 13.0. The smallest absolute Gasteiger partial charge is 0.416 e. The van der Waals surface area contributed by atoms with Gasteiger partial charge in [0.1, 0.15) is 10.8 Å². The summed E-state index contributed by atoms with van der Waals surface area (Å²) < 4.78 is 46.0. The van der Waals surface area contributed by atoms with Crippen molar-refractivity contribution in [1.29, 1.82) is 0 Å². The summed E-state index contributed by atoms with van der Waals surface area (Å²) in [6, 6.07) is 9.25. The summed E-state index contributed by atoms with van der Waals surface area (Å²) in [5.74, 6) is 0.0824. The van der Waals surface area contributed by atoms with Crippen LogP contribution >= 0.6 is 23.2 Å². The first kappa shape index (κ1) is 19.3. The van der Waals surface area contributed by atoms with Crippen LogP contribution in [0, 0.1) is 0 Å². The highest BCUT2D eigenvalue weighted by molar-refractivity contribution is 6.42. The maximum Gasteiger partial charge on any atom is 0.416 e. The van der Waals surface area contributed by atoms with E-state index >= 15 is 0 Å². The molecule has 0 aliphatic carbocycles. The summed E-state index contributed by atoms with van der Waals surface area (Å²) >= 11 is 12.0. The molecule has 0 aliphatic heterocycles. The van der Waals surface area contributed by atoms with E-state index in [0.29, 0.717) is 0 Å². The Balaban J connectivity index is 2.10. The highest BCUT2D eigenvalue weighted by Gasteiger charge is 2.30. The molecule has 0 N–H and O–H groups in total. The maximum atomic E-state index is 13.0. The fourth-order valence-electron chi connectivity index (χ4n) is 2.50. The minimum Gasteiger partial charge on any atom is -0.450 e. The molecule has 27 heavy (non-hydrogen) atoms. The standard InChI is InChI=1S/C19H12Cl2F3NO2/c1-25-9-13(11-4-2-5-12(8-11)19(22,23)24)18(26)16(10-25)27-15-7-3-6-14(20)17(15)21/h2-10H,1H3. The van der Waals surface area contributed by atoms with Crippen molar-refractivity contribution in [1.82, 2.24) is 4.57 Å². The van der Waals surface area contributed by atoms with Crippen molar-refractivity contribution in [3.05, 3.63) is 80.7 Å². The van der Waals surface area contributed by atoms with E-state index in [2.05, 4.69) is 0 Å². The quantitative estimate of drug-likeness (QED) is 0.513. The lowest BCUT2D eigenvalue weighted by atomic mass is 10.0. The monoisotopic (exact) mass is 413 g/mol. The lowest BCUT2D eigenvalue weighted by Gasteiger charge is -2.12. The molecular weight excluding hydrogens is 402 g/mol. The second-order valence-electron chi connectivity index (χ2n) is 5.76. The molecule has 0 unspecified atom stereocenters. The van der Waals surface area contributed by atoms with Crippen LogP contribution in [0.15, 0.2) is 59.7 Å². The highest BCUT2D eigenvalue weighted by atomic mass is 35.5. The van der Waals surface area contributed by atoms with Crippen LogP contribution in [0.4, 0.5) is 13.2 Å². The van der Waals surface area contributed by atoms with E-state index < -0.39 is 17.2 Å². The Morgan fingerprint density at radius 1 is 1.00 bits per heavy atom. The van der Waals surface area contributed by atoms with Crippen molar-refractivity contribution >= 4 is 23.2 Å². The molecule has 0 saturated heterocycles. The van der Waals surface area contributed by atoms with E-state index in [1.165, 1.54) is 35.2 Å². The average Bonchev–Trinajstić information content (AvgIpc) is 2.61. The number of alkyl halides is 3. The zero-order chi connectivity index (χ0) is 19.8. The van der Waals surface area contributed by atoms with Crippen LogP contribution in [0.1, 0.15) is 5.56 Å². The Hall–Kier alpha value is -2.44. The third-order valence-electron chi connectivity index (χ3n) is 3.76. The van der Waals surface area contributed by atoms with E-state index in [1.54, 1.807) is 19.2 Å². The molecule has 0 amide bonds. The first-order chi connectivity index (χ1) is 12.7. The van der Waals surface area contributed by atoms with Crippen molar-refractivity contribution in [2.75, 3.05) is 0 Å². The molecule has 0 spiro atoms. The molecule has 1 aromatic heterocycles. The van der Waals surface area contributed by atoms with Gasteiger partial charge in [-0.2, -0.15) is 13.2 Å². The van der Waals surface area contributed by atoms with Gasteiger partial charge in [0.25, 0.3) is 0 Å². The lowest BCUT2D eigenvalue weighted by molar-refractivity contribution is -0.137. The number of hydrogen-bond acceptors (Lipinski definition) is 2. The second kappa shape index (κ2) is 7.29. The molecule has 0 saturated carbocycles. The predicted octanol–water partition coefficient (Wildman–Crippen LogP) is 6.17. The molecule has 140 valence electrons. The summed E-state index contributed by atoms with van der Waals surface area (Å²) in [6.45, 7) is 0. The Kier molecular flexibility index (Phi) is 5.22. The molecule has 1 heterocycles. The van der Waals surface area contributed by atoms with Crippen LogP contribution < -0.4 is 10.2 Å². The van der Waals surface area contributed by atoms with Crippen molar-refractivity contribution < 1.29 is 17.9 Å². The molecular formula is C19H12Cl2F3NO2. The van der Waals surface area contributed by atoms with Gasteiger partial charge in [0, 0.05) is 18.8 Å². The predicted molar refractivity (Wildman–Crippen MR) is 98.7 cm³/mol. The number of ether oxygens (including phenoxy) is 1. The van der Waals surface area contributed by atoms with Gasteiger partial charge in [-0.25, -0.2) is 0 Å². The summed E-state index contributed by atoms with van der Waals surface area (Å²) in [4.78, 5) is 12.8. The Labute approximate surface area is 162 Å². The molecule has 8 heteroatoms. The van der Waals surface area contributed by atoms with Crippen LogP contribution in [0.25, 0.3) is 11.1 Å². The highest BCUT2D eigenvalue weighted by Crippen LogP contribution is 2.35. The molecule has 0 atom stereocenters. The number of halogens is 5. The van der Waals surface area contributed by atoms with E-state index in [1.807, 2.05) is 0 Å². The average molecular weight is 414 g/mol. The number of hydrogen-bond donors (Lipinski definition) is 0. The third kappa shape index (κ3) is 4.12. The number of nitrogens with zero attached hydrogens (tertiary/aromatic N) is 1. The van der Waals surface area contributed by atoms with Crippen LogP contribution in [0.3, 0.4) is 0 Å². The SMILES string of the molecule is Cn1cc(Oc2cccc(Cl)c2Cl)c(=O)c(-c2cccc(C(F)(F)F)c2)c1. The van der Waals surface area contributed by atoms with Crippen molar-refractivity contribution in [2.45, 2.75) is 6.18 Å². The van der Waals surface area contributed by atoms with Gasteiger partial charge in [0.15, 0.2) is 5.75 Å².